The van der Waals surface area contributed by atoms with E-state index in [0.29, 0.717) is 12.0 Å². The first-order chi connectivity index (χ1) is 7.55. The minimum absolute atomic E-state index is 0.203. The van der Waals surface area contributed by atoms with Gasteiger partial charge in [-0.1, -0.05) is 6.92 Å². The third kappa shape index (κ3) is 1.53. The Labute approximate surface area is 98.4 Å². The molecule has 1 N–H and O–H groups in total. The lowest BCUT2D eigenvalue weighted by atomic mass is 9.43. The third-order valence-electron chi connectivity index (χ3n) is 5.43. The summed E-state index contributed by atoms with van der Waals surface area (Å²) in [5, 5.41) is 10.4. The van der Waals surface area contributed by atoms with Crippen molar-refractivity contribution < 1.29 is 9.84 Å². The van der Waals surface area contributed by atoms with Crippen molar-refractivity contribution in [1.82, 2.24) is 0 Å². The summed E-state index contributed by atoms with van der Waals surface area (Å²) in [4.78, 5) is 0. The molecule has 4 aliphatic carbocycles. The van der Waals surface area contributed by atoms with Gasteiger partial charge in [-0.25, -0.2) is 0 Å². The van der Waals surface area contributed by atoms with Gasteiger partial charge < -0.3 is 9.84 Å². The summed E-state index contributed by atoms with van der Waals surface area (Å²) in [5.41, 5.74) is 0.730. The molecular formula is C14H24O2. The predicted molar refractivity (Wildman–Crippen MR) is 63.1 cm³/mol. The molecule has 0 amide bonds. The Balaban J connectivity index is 1.86. The predicted octanol–water partition coefficient (Wildman–Crippen LogP) is 2.60. The van der Waals surface area contributed by atoms with Crippen LogP contribution in [0.3, 0.4) is 0 Å². The Kier molecular flexibility index (Phi) is 2.38. The zero-order valence-electron chi connectivity index (χ0n) is 10.5. The van der Waals surface area contributed by atoms with Crippen LogP contribution in [-0.2, 0) is 4.74 Å². The van der Waals surface area contributed by atoms with Crippen LogP contribution in [0.25, 0.3) is 0 Å². The van der Waals surface area contributed by atoms with E-state index in [0.717, 1.165) is 11.8 Å². The number of methoxy groups -OCH3 is 1. The normalized spacial score (nSPS) is 51.9. The van der Waals surface area contributed by atoms with Gasteiger partial charge in [-0.15, -0.1) is 0 Å². The molecule has 92 valence electrons. The Bertz CT molecular complexity index is 272. The second-order valence-electron chi connectivity index (χ2n) is 7.11. The average molecular weight is 224 g/mol. The summed E-state index contributed by atoms with van der Waals surface area (Å²) in [5.74, 6) is 1.77. The van der Waals surface area contributed by atoms with Crippen molar-refractivity contribution in [3.8, 4) is 0 Å². The second kappa shape index (κ2) is 3.46. The van der Waals surface area contributed by atoms with Crippen molar-refractivity contribution in [3.63, 3.8) is 0 Å². The Morgan fingerprint density at radius 2 is 1.88 bits per heavy atom. The van der Waals surface area contributed by atoms with Crippen LogP contribution in [-0.4, -0.2) is 24.9 Å². The van der Waals surface area contributed by atoms with Crippen LogP contribution in [0.5, 0.6) is 0 Å². The highest BCUT2D eigenvalue weighted by atomic mass is 16.5. The summed E-state index contributed by atoms with van der Waals surface area (Å²) in [6.07, 6.45) is 7.75. The molecule has 0 aromatic heterocycles. The molecule has 2 nitrogen and oxygen atoms in total. The van der Waals surface area contributed by atoms with Crippen LogP contribution in [0.15, 0.2) is 0 Å². The van der Waals surface area contributed by atoms with E-state index in [1.165, 1.54) is 38.5 Å². The highest BCUT2D eigenvalue weighted by Crippen LogP contribution is 2.66. The van der Waals surface area contributed by atoms with Crippen molar-refractivity contribution in [1.29, 1.82) is 0 Å². The molecule has 4 aliphatic rings. The van der Waals surface area contributed by atoms with Crippen molar-refractivity contribution in [2.75, 3.05) is 13.7 Å². The van der Waals surface area contributed by atoms with Crippen LogP contribution in [0.1, 0.15) is 45.4 Å². The molecule has 4 fully saturated rings. The van der Waals surface area contributed by atoms with Gasteiger partial charge in [0, 0.05) is 7.11 Å². The number of aliphatic hydroxyl groups excluding tert-OH is 1. The van der Waals surface area contributed by atoms with Gasteiger partial charge >= 0.3 is 0 Å². The quantitative estimate of drug-likeness (QED) is 0.798. The van der Waals surface area contributed by atoms with Gasteiger partial charge in [0.1, 0.15) is 0 Å². The maximum Gasteiger partial charge on any atom is 0.0829 e. The summed E-state index contributed by atoms with van der Waals surface area (Å²) in [7, 11) is 1.70. The number of ether oxygens (including phenoxy) is 1. The Hall–Kier alpha value is -0.0800. The van der Waals surface area contributed by atoms with Crippen LogP contribution in [0.4, 0.5) is 0 Å². The third-order valence-corrected chi connectivity index (χ3v) is 5.43. The van der Waals surface area contributed by atoms with Gasteiger partial charge in [-0.05, 0) is 61.2 Å². The molecule has 0 aliphatic heterocycles. The van der Waals surface area contributed by atoms with Crippen LogP contribution in [0.2, 0.25) is 0 Å². The first kappa shape index (κ1) is 11.0. The van der Waals surface area contributed by atoms with Crippen LogP contribution >= 0.6 is 0 Å². The van der Waals surface area contributed by atoms with Crippen molar-refractivity contribution >= 4 is 0 Å². The second-order valence-corrected chi connectivity index (χ2v) is 7.11. The maximum absolute atomic E-state index is 10.4. The standard InChI is InChI=1S/C14H24O2/c1-13-4-10-3-11(5-13)7-14(6-10,9-13)12(15)8-16-2/h10-12,15H,3-9H2,1-2H3. The van der Waals surface area contributed by atoms with Crippen molar-refractivity contribution in [3.05, 3.63) is 0 Å². The lowest BCUT2D eigenvalue weighted by Gasteiger charge is -2.62. The molecular weight excluding hydrogens is 200 g/mol. The van der Waals surface area contributed by atoms with Gasteiger partial charge in [0.05, 0.1) is 12.7 Å². The van der Waals surface area contributed by atoms with E-state index in [-0.39, 0.29) is 11.5 Å². The zero-order chi connectivity index (χ0) is 11.4. The smallest absolute Gasteiger partial charge is 0.0829 e. The minimum atomic E-state index is -0.234. The monoisotopic (exact) mass is 224 g/mol. The van der Waals surface area contributed by atoms with Gasteiger partial charge in [-0.3, -0.25) is 0 Å². The van der Waals surface area contributed by atoms with Gasteiger partial charge in [0.15, 0.2) is 0 Å². The van der Waals surface area contributed by atoms with E-state index in [9.17, 15) is 5.11 Å². The van der Waals surface area contributed by atoms with Crippen molar-refractivity contribution in [2.24, 2.45) is 22.7 Å². The molecule has 0 aromatic rings. The SMILES string of the molecule is COCC(O)C12CC3CC(CC(C)(C3)C1)C2. The Morgan fingerprint density at radius 3 is 2.38 bits per heavy atom. The molecule has 3 atom stereocenters. The van der Waals surface area contributed by atoms with Gasteiger partial charge in [-0.2, -0.15) is 0 Å². The van der Waals surface area contributed by atoms with Crippen LogP contribution in [0, 0.1) is 22.7 Å². The lowest BCUT2D eigenvalue weighted by molar-refractivity contribution is -0.164. The van der Waals surface area contributed by atoms with E-state index in [2.05, 4.69) is 6.92 Å². The molecule has 3 unspecified atom stereocenters. The van der Waals surface area contributed by atoms with Crippen molar-refractivity contribution in [2.45, 2.75) is 51.6 Å². The number of hydrogen-bond donors (Lipinski definition) is 1. The summed E-state index contributed by atoms with van der Waals surface area (Å²) in [6.45, 7) is 2.97. The molecule has 4 saturated carbocycles. The van der Waals surface area contributed by atoms with E-state index >= 15 is 0 Å². The summed E-state index contributed by atoms with van der Waals surface area (Å²) >= 11 is 0. The number of hydrogen-bond acceptors (Lipinski definition) is 2. The fraction of sp³-hybridized carbons (Fsp3) is 1.00. The molecule has 4 rings (SSSR count). The molecule has 0 saturated heterocycles. The van der Waals surface area contributed by atoms with Gasteiger partial charge in [0.2, 0.25) is 0 Å². The highest BCUT2D eigenvalue weighted by molar-refractivity contribution is 5.08. The summed E-state index contributed by atoms with van der Waals surface area (Å²) in [6, 6.07) is 0. The largest absolute Gasteiger partial charge is 0.390 e. The van der Waals surface area contributed by atoms with E-state index in [1.54, 1.807) is 7.11 Å². The number of aliphatic hydroxyl groups is 1. The molecule has 4 bridgehead atoms. The molecule has 0 spiro atoms. The molecule has 0 aromatic carbocycles. The minimum Gasteiger partial charge on any atom is -0.390 e. The fourth-order valence-electron chi connectivity index (χ4n) is 5.52. The first-order valence-electron chi connectivity index (χ1n) is 6.72. The fourth-order valence-corrected chi connectivity index (χ4v) is 5.52. The lowest BCUT2D eigenvalue weighted by Crippen LogP contribution is -2.56. The number of rotatable bonds is 3. The molecule has 0 radical (unpaired) electrons. The zero-order valence-corrected chi connectivity index (χ0v) is 10.5. The topological polar surface area (TPSA) is 29.5 Å². The Morgan fingerprint density at radius 1 is 1.25 bits per heavy atom. The average Bonchev–Trinajstić information content (AvgIpc) is 2.13. The van der Waals surface area contributed by atoms with E-state index in [4.69, 9.17) is 4.74 Å². The maximum atomic E-state index is 10.4. The molecule has 0 heterocycles. The first-order valence-corrected chi connectivity index (χ1v) is 6.72. The van der Waals surface area contributed by atoms with Gasteiger partial charge in [0.25, 0.3) is 0 Å². The van der Waals surface area contributed by atoms with E-state index < -0.39 is 0 Å². The summed E-state index contributed by atoms with van der Waals surface area (Å²) < 4.78 is 5.18. The van der Waals surface area contributed by atoms with E-state index in [1.807, 2.05) is 0 Å². The molecule has 16 heavy (non-hydrogen) atoms. The van der Waals surface area contributed by atoms with Crippen LogP contribution < -0.4 is 0 Å². The molecule has 2 heteroatoms. The highest BCUT2D eigenvalue weighted by Gasteiger charge is 2.58.